The third-order valence-electron chi connectivity index (χ3n) is 2.85. The summed E-state index contributed by atoms with van der Waals surface area (Å²) in [5.74, 6) is 2.03. The Kier molecular flexibility index (Phi) is 4.90. The average molecular weight is 336 g/mol. The highest BCUT2D eigenvalue weighted by atomic mass is 79.9. The fourth-order valence-corrected chi connectivity index (χ4v) is 2.01. The molecule has 0 heterocycles. The Hall–Kier alpha value is -1.68. The molecule has 2 rings (SSSR count). The lowest BCUT2D eigenvalue weighted by atomic mass is 10.2. The van der Waals surface area contributed by atoms with Crippen molar-refractivity contribution in [3.8, 4) is 17.2 Å². The van der Waals surface area contributed by atoms with Crippen molar-refractivity contribution in [2.75, 3.05) is 12.3 Å². The van der Waals surface area contributed by atoms with Crippen molar-refractivity contribution in [1.82, 2.24) is 0 Å². The van der Waals surface area contributed by atoms with E-state index in [4.69, 9.17) is 15.2 Å². The van der Waals surface area contributed by atoms with Gasteiger partial charge in [-0.25, -0.2) is 0 Å². The zero-order valence-electron chi connectivity index (χ0n) is 11.7. The minimum Gasteiger partial charge on any atom is -0.491 e. The van der Waals surface area contributed by atoms with Crippen LogP contribution in [0.2, 0.25) is 0 Å². The lowest BCUT2D eigenvalue weighted by Gasteiger charge is -2.13. The molecule has 0 saturated heterocycles. The average Bonchev–Trinajstić information content (AvgIpc) is 2.44. The van der Waals surface area contributed by atoms with Crippen LogP contribution in [0, 0.1) is 6.92 Å². The third kappa shape index (κ3) is 3.45. The topological polar surface area (TPSA) is 44.5 Å². The van der Waals surface area contributed by atoms with Gasteiger partial charge in [-0.3, -0.25) is 0 Å². The highest BCUT2D eigenvalue weighted by Crippen LogP contribution is 2.35. The van der Waals surface area contributed by atoms with Gasteiger partial charge in [0, 0.05) is 4.47 Å². The first kappa shape index (κ1) is 14.7. The summed E-state index contributed by atoms with van der Waals surface area (Å²) in [6.07, 6.45) is 0.941. The zero-order valence-corrected chi connectivity index (χ0v) is 13.2. The van der Waals surface area contributed by atoms with E-state index >= 15 is 0 Å². The van der Waals surface area contributed by atoms with Crippen molar-refractivity contribution in [3.63, 3.8) is 0 Å². The quantitative estimate of drug-likeness (QED) is 0.788. The van der Waals surface area contributed by atoms with Crippen LogP contribution in [0.15, 0.2) is 40.9 Å². The molecule has 0 aliphatic rings. The van der Waals surface area contributed by atoms with Gasteiger partial charge < -0.3 is 15.2 Å². The van der Waals surface area contributed by atoms with E-state index in [2.05, 4.69) is 22.9 Å². The summed E-state index contributed by atoms with van der Waals surface area (Å²) in [4.78, 5) is 0. The SMILES string of the molecule is CCCOc1cccc(Oc2ccc(Br)c(C)c2)c1N. The molecule has 0 amide bonds. The maximum absolute atomic E-state index is 6.08. The van der Waals surface area contributed by atoms with E-state index in [1.54, 1.807) is 0 Å². The summed E-state index contributed by atoms with van der Waals surface area (Å²) in [5.41, 5.74) is 7.72. The second kappa shape index (κ2) is 6.66. The van der Waals surface area contributed by atoms with E-state index in [-0.39, 0.29) is 0 Å². The molecule has 106 valence electrons. The van der Waals surface area contributed by atoms with Gasteiger partial charge in [0.1, 0.15) is 17.2 Å². The molecule has 0 spiro atoms. The number of hydrogen-bond acceptors (Lipinski definition) is 3. The molecule has 0 unspecified atom stereocenters. The predicted molar refractivity (Wildman–Crippen MR) is 85.6 cm³/mol. The van der Waals surface area contributed by atoms with Gasteiger partial charge >= 0.3 is 0 Å². The number of halogens is 1. The molecule has 2 aromatic rings. The number of nitrogen functional groups attached to an aromatic ring is 1. The van der Waals surface area contributed by atoms with Crippen LogP contribution < -0.4 is 15.2 Å². The monoisotopic (exact) mass is 335 g/mol. The second-order valence-corrected chi connectivity index (χ2v) is 5.38. The van der Waals surface area contributed by atoms with Gasteiger partial charge in [-0.2, -0.15) is 0 Å². The summed E-state index contributed by atoms with van der Waals surface area (Å²) in [5, 5.41) is 0. The number of nitrogens with two attached hydrogens (primary N) is 1. The Bertz CT molecular complexity index is 599. The first-order chi connectivity index (χ1) is 9.61. The Labute approximate surface area is 127 Å². The van der Waals surface area contributed by atoms with Crippen LogP contribution in [-0.4, -0.2) is 6.61 Å². The van der Waals surface area contributed by atoms with Crippen molar-refractivity contribution in [3.05, 3.63) is 46.4 Å². The molecule has 0 aromatic heterocycles. The lowest BCUT2D eigenvalue weighted by Crippen LogP contribution is -2.00. The van der Waals surface area contributed by atoms with Crippen molar-refractivity contribution < 1.29 is 9.47 Å². The molecule has 20 heavy (non-hydrogen) atoms. The first-order valence-corrected chi connectivity index (χ1v) is 7.36. The van der Waals surface area contributed by atoms with Crippen molar-refractivity contribution in [1.29, 1.82) is 0 Å². The number of anilines is 1. The van der Waals surface area contributed by atoms with Crippen LogP contribution in [0.25, 0.3) is 0 Å². The molecule has 4 heteroatoms. The third-order valence-corrected chi connectivity index (χ3v) is 3.73. The molecule has 0 saturated carbocycles. The molecule has 3 nitrogen and oxygen atoms in total. The minimum absolute atomic E-state index is 0.529. The smallest absolute Gasteiger partial charge is 0.154 e. The van der Waals surface area contributed by atoms with Crippen LogP contribution >= 0.6 is 15.9 Å². The molecule has 2 aromatic carbocycles. The van der Waals surface area contributed by atoms with Gasteiger partial charge in [-0.05, 0) is 49.2 Å². The van der Waals surface area contributed by atoms with Crippen molar-refractivity contribution in [2.45, 2.75) is 20.3 Å². The van der Waals surface area contributed by atoms with Crippen molar-refractivity contribution >= 4 is 21.6 Å². The van der Waals surface area contributed by atoms with Gasteiger partial charge in [0.15, 0.2) is 5.75 Å². The van der Waals surface area contributed by atoms with Gasteiger partial charge in [0.05, 0.1) is 6.61 Å². The molecule has 0 fully saturated rings. The maximum atomic E-state index is 6.08. The Morgan fingerprint density at radius 2 is 1.90 bits per heavy atom. The van der Waals surface area contributed by atoms with Gasteiger partial charge in [0.25, 0.3) is 0 Å². The van der Waals surface area contributed by atoms with E-state index in [0.717, 1.165) is 22.2 Å². The second-order valence-electron chi connectivity index (χ2n) is 4.53. The Morgan fingerprint density at radius 3 is 2.60 bits per heavy atom. The summed E-state index contributed by atoms with van der Waals surface area (Å²) < 4.78 is 12.5. The number of rotatable bonds is 5. The molecular weight excluding hydrogens is 318 g/mol. The summed E-state index contributed by atoms with van der Waals surface area (Å²) in [7, 11) is 0. The van der Waals surface area contributed by atoms with Gasteiger partial charge in [-0.1, -0.05) is 28.9 Å². The van der Waals surface area contributed by atoms with Crippen LogP contribution in [0.4, 0.5) is 5.69 Å². The Balaban J connectivity index is 2.22. The Morgan fingerprint density at radius 1 is 1.15 bits per heavy atom. The fourth-order valence-electron chi connectivity index (χ4n) is 1.76. The largest absolute Gasteiger partial charge is 0.491 e. The summed E-state index contributed by atoms with van der Waals surface area (Å²) in [6, 6.07) is 11.4. The molecule has 2 N–H and O–H groups in total. The number of hydrogen-bond donors (Lipinski definition) is 1. The van der Waals surface area contributed by atoms with Crippen LogP contribution in [0.5, 0.6) is 17.2 Å². The van der Waals surface area contributed by atoms with Crippen LogP contribution in [0.3, 0.4) is 0 Å². The standard InChI is InChI=1S/C16H18BrNO2/c1-3-9-19-14-5-4-6-15(16(14)18)20-12-7-8-13(17)11(2)10-12/h4-8,10H,3,9,18H2,1-2H3. The van der Waals surface area contributed by atoms with E-state index in [1.807, 2.05) is 43.3 Å². The van der Waals surface area contributed by atoms with Crippen LogP contribution in [0.1, 0.15) is 18.9 Å². The lowest BCUT2D eigenvalue weighted by molar-refractivity contribution is 0.318. The number of benzene rings is 2. The summed E-state index contributed by atoms with van der Waals surface area (Å²) >= 11 is 3.47. The van der Waals surface area contributed by atoms with Gasteiger partial charge in [0.2, 0.25) is 0 Å². The maximum Gasteiger partial charge on any atom is 0.154 e. The van der Waals surface area contributed by atoms with E-state index in [1.165, 1.54) is 0 Å². The highest BCUT2D eigenvalue weighted by molar-refractivity contribution is 9.10. The molecule has 0 radical (unpaired) electrons. The van der Waals surface area contributed by atoms with E-state index in [9.17, 15) is 0 Å². The number of para-hydroxylation sites is 1. The normalized spacial score (nSPS) is 10.3. The molecule has 0 atom stereocenters. The first-order valence-electron chi connectivity index (χ1n) is 6.57. The predicted octanol–water partition coefficient (Wildman–Crippen LogP) is 4.92. The molecular formula is C16H18BrNO2. The number of ether oxygens (including phenoxy) is 2. The highest BCUT2D eigenvalue weighted by Gasteiger charge is 2.08. The molecule has 0 aliphatic heterocycles. The number of aryl methyl sites for hydroxylation is 1. The fraction of sp³-hybridized carbons (Fsp3) is 0.250. The van der Waals surface area contributed by atoms with Gasteiger partial charge in [-0.15, -0.1) is 0 Å². The molecule has 0 aliphatic carbocycles. The van der Waals surface area contributed by atoms with E-state index < -0.39 is 0 Å². The van der Waals surface area contributed by atoms with E-state index in [0.29, 0.717) is 23.8 Å². The van der Waals surface area contributed by atoms with Crippen molar-refractivity contribution in [2.24, 2.45) is 0 Å². The minimum atomic E-state index is 0.529. The summed E-state index contributed by atoms with van der Waals surface area (Å²) in [6.45, 7) is 4.72. The zero-order chi connectivity index (χ0) is 14.5. The molecule has 0 bridgehead atoms. The van der Waals surface area contributed by atoms with Crippen LogP contribution in [-0.2, 0) is 0 Å².